The maximum absolute atomic E-state index is 12.9. The smallest absolute Gasteiger partial charge is 0.338 e. The number of hydrogen-bond acceptors (Lipinski definition) is 6. The van der Waals surface area contributed by atoms with Crippen molar-refractivity contribution >= 4 is 39.1 Å². The summed E-state index contributed by atoms with van der Waals surface area (Å²) in [5.41, 5.74) is 1.51. The highest BCUT2D eigenvalue weighted by atomic mass is 32.1. The van der Waals surface area contributed by atoms with Crippen LogP contribution in [0.2, 0.25) is 0 Å². The Kier molecular flexibility index (Phi) is 7.57. The molecular formula is C23H27N3O4S. The van der Waals surface area contributed by atoms with E-state index in [-0.39, 0.29) is 17.4 Å². The summed E-state index contributed by atoms with van der Waals surface area (Å²) in [6.07, 6.45) is 5.37. The zero-order valence-electron chi connectivity index (χ0n) is 18.1. The molecule has 31 heavy (non-hydrogen) atoms. The van der Waals surface area contributed by atoms with Crippen LogP contribution in [0.4, 0.5) is 5.69 Å². The van der Waals surface area contributed by atoms with Gasteiger partial charge < -0.3 is 10.1 Å². The van der Waals surface area contributed by atoms with E-state index in [0.29, 0.717) is 45.1 Å². The molecule has 0 spiro atoms. The molecule has 1 amide bonds. The van der Waals surface area contributed by atoms with Crippen molar-refractivity contribution in [2.75, 3.05) is 11.9 Å². The predicted molar refractivity (Wildman–Crippen MR) is 123 cm³/mol. The van der Waals surface area contributed by atoms with Gasteiger partial charge in [-0.1, -0.05) is 26.7 Å². The van der Waals surface area contributed by atoms with E-state index in [2.05, 4.69) is 17.2 Å². The lowest BCUT2D eigenvalue weighted by Gasteiger charge is -2.06. The van der Waals surface area contributed by atoms with Crippen LogP contribution < -0.4 is 10.9 Å². The second-order valence-corrected chi connectivity index (χ2v) is 8.35. The molecule has 0 aliphatic rings. The molecule has 8 heteroatoms. The van der Waals surface area contributed by atoms with Crippen LogP contribution >= 0.6 is 11.3 Å². The van der Waals surface area contributed by atoms with Crippen LogP contribution in [0.25, 0.3) is 10.2 Å². The van der Waals surface area contributed by atoms with Crippen molar-refractivity contribution in [3.8, 4) is 0 Å². The lowest BCUT2D eigenvalue weighted by atomic mass is 10.2. The third-order valence-electron chi connectivity index (χ3n) is 4.94. The number of carbonyl (C=O) groups excluding carboxylic acids is 2. The van der Waals surface area contributed by atoms with Gasteiger partial charge in [-0.15, -0.1) is 11.3 Å². The van der Waals surface area contributed by atoms with E-state index < -0.39 is 0 Å². The summed E-state index contributed by atoms with van der Waals surface area (Å²) in [6.45, 7) is 6.82. The topological polar surface area (TPSA) is 90.3 Å². The number of aryl methyl sites for hydroxylation is 2. The molecule has 164 valence electrons. The Hall–Kier alpha value is -3.00. The molecule has 0 unspecified atom stereocenters. The first-order chi connectivity index (χ1) is 15.0. The molecule has 0 saturated carbocycles. The molecule has 3 rings (SSSR count). The SMILES string of the molecule is CCCCCn1cnc2sc(C(=O)Nc3ccc(C(=O)OCCC)cc3)c(C)c2c1=O. The Morgan fingerprint density at radius 2 is 1.87 bits per heavy atom. The van der Waals surface area contributed by atoms with Crippen LogP contribution in [-0.4, -0.2) is 28.0 Å². The van der Waals surface area contributed by atoms with Crippen molar-refractivity contribution in [2.45, 2.75) is 53.0 Å². The molecule has 0 fully saturated rings. The van der Waals surface area contributed by atoms with Gasteiger partial charge in [0.05, 0.1) is 28.8 Å². The monoisotopic (exact) mass is 441 g/mol. The van der Waals surface area contributed by atoms with Crippen molar-refractivity contribution in [3.63, 3.8) is 0 Å². The van der Waals surface area contributed by atoms with Gasteiger partial charge in [-0.3, -0.25) is 14.2 Å². The molecule has 0 aliphatic carbocycles. The third-order valence-corrected chi connectivity index (χ3v) is 6.14. The predicted octanol–water partition coefficient (Wildman–Crippen LogP) is 4.78. The van der Waals surface area contributed by atoms with E-state index >= 15 is 0 Å². The fraction of sp³-hybridized carbons (Fsp3) is 0.391. The maximum atomic E-state index is 12.9. The van der Waals surface area contributed by atoms with Gasteiger partial charge in [0.2, 0.25) is 0 Å². The average molecular weight is 442 g/mol. The highest BCUT2D eigenvalue weighted by Crippen LogP contribution is 2.27. The first-order valence-corrected chi connectivity index (χ1v) is 11.3. The van der Waals surface area contributed by atoms with Crippen LogP contribution in [0.3, 0.4) is 0 Å². The molecule has 3 aromatic rings. The van der Waals surface area contributed by atoms with Gasteiger partial charge in [-0.2, -0.15) is 0 Å². The quantitative estimate of drug-likeness (QED) is 0.381. The van der Waals surface area contributed by atoms with Crippen LogP contribution in [0.5, 0.6) is 0 Å². The number of carbonyl (C=O) groups is 2. The number of thiophene rings is 1. The van der Waals surface area contributed by atoms with Gasteiger partial charge >= 0.3 is 5.97 Å². The summed E-state index contributed by atoms with van der Waals surface area (Å²) in [5.74, 6) is -0.694. The molecule has 0 aliphatic heterocycles. The summed E-state index contributed by atoms with van der Waals surface area (Å²) in [6, 6.07) is 6.54. The van der Waals surface area contributed by atoms with Crippen molar-refractivity contribution in [3.05, 3.63) is 57.0 Å². The number of amides is 1. The van der Waals surface area contributed by atoms with Crippen molar-refractivity contribution in [2.24, 2.45) is 0 Å². The van der Waals surface area contributed by atoms with Gasteiger partial charge in [-0.25, -0.2) is 9.78 Å². The first kappa shape index (κ1) is 22.7. The number of hydrogen-bond donors (Lipinski definition) is 1. The Morgan fingerprint density at radius 3 is 2.55 bits per heavy atom. The molecule has 0 saturated heterocycles. The Labute approximate surface area is 185 Å². The van der Waals surface area contributed by atoms with Crippen LogP contribution in [0, 0.1) is 6.92 Å². The summed E-state index contributed by atoms with van der Waals surface area (Å²) in [4.78, 5) is 43.0. The van der Waals surface area contributed by atoms with E-state index in [0.717, 1.165) is 25.7 Å². The molecule has 1 N–H and O–H groups in total. The summed E-state index contributed by atoms with van der Waals surface area (Å²) >= 11 is 1.21. The number of fused-ring (bicyclic) bond motifs is 1. The maximum Gasteiger partial charge on any atom is 0.338 e. The normalized spacial score (nSPS) is 10.9. The van der Waals surface area contributed by atoms with Crippen LogP contribution in [0.15, 0.2) is 35.4 Å². The fourth-order valence-corrected chi connectivity index (χ4v) is 4.26. The average Bonchev–Trinajstić information content (AvgIpc) is 3.11. The van der Waals surface area contributed by atoms with Crippen LogP contribution in [-0.2, 0) is 11.3 Å². The second kappa shape index (κ2) is 10.3. The van der Waals surface area contributed by atoms with Gasteiger partial charge in [0.1, 0.15) is 4.83 Å². The van der Waals surface area contributed by atoms with Gasteiger partial charge in [-0.05, 0) is 49.6 Å². The number of ether oxygens (including phenoxy) is 1. The Morgan fingerprint density at radius 1 is 1.13 bits per heavy atom. The zero-order chi connectivity index (χ0) is 22.4. The van der Waals surface area contributed by atoms with Gasteiger partial charge in [0.25, 0.3) is 11.5 Å². The largest absolute Gasteiger partial charge is 0.462 e. The van der Waals surface area contributed by atoms with Gasteiger partial charge in [0, 0.05) is 12.2 Å². The number of rotatable bonds is 9. The lowest BCUT2D eigenvalue weighted by molar-refractivity contribution is 0.0505. The highest BCUT2D eigenvalue weighted by Gasteiger charge is 2.20. The minimum absolute atomic E-state index is 0.108. The molecule has 2 heterocycles. The number of benzene rings is 1. The molecule has 2 aromatic heterocycles. The van der Waals surface area contributed by atoms with E-state index in [1.54, 1.807) is 42.1 Å². The van der Waals surface area contributed by atoms with Crippen molar-refractivity contribution < 1.29 is 14.3 Å². The zero-order valence-corrected chi connectivity index (χ0v) is 18.9. The molecule has 0 bridgehead atoms. The lowest BCUT2D eigenvalue weighted by Crippen LogP contribution is -2.20. The van der Waals surface area contributed by atoms with E-state index in [9.17, 15) is 14.4 Å². The number of nitrogens with one attached hydrogen (secondary N) is 1. The van der Waals surface area contributed by atoms with E-state index in [1.807, 2.05) is 6.92 Å². The summed E-state index contributed by atoms with van der Waals surface area (Å²) < 4.78 is 6.73. The van der Waals surface area contributed by atoms with Crippen molar-refractivity contribution in [1.82, 2.24) is 9.55 Å². The number of aromatic nitrogens is 2. The molecule has 0 atom stereocenters. The van der Waals surface area contributed by atoms with Gasteiger partial charge in [0.15, 0.2) is 0 Å². The highest BCUT2D eigenvalue weighted by molar-refractivity contribution is 7.20. The van der Waals surface area contributed by atoms with E-state index in [1.165, 1.54) is 11.3 Å². The Balaban J connectivity index is 1.78. The number of anilines is 1. The van der Waals surface area contributed by atoms with Crippen LogP contribution in [0.1, 0.15) is 65.1 Å². The molecule has 1 aromatic carbocycles. The minimum Gasteiger partial charge on any atom is -0.462 e. The Bertz CT molecular complexity index is 1130. The number of unbranched alkanes of at least 4 members (excludes halogenated alkanes) is 2. The fourth-order valence-electron chi connectivity index (χ4n) is 3.22. The molecule has 0 radical (unpaired) electrons. The minimum atomic E-state index is -0.388. The van der Waals surface area contributed by atoms with E-state index in [4.69, 9.17) is 4.74 Å². The summed E-state index contributed by atoms with van der Waals surface area (Å²) in [5, 5.41) is 3.33. The summed E-state index contributed by atoms with van der Waals surface area (Å²) in [7, 11) is 0. The first-order valence-electron chi connectivity index (χ1n) is 10.5. The molecule has 7 nitrogen and oxygen atoms in total. The second-order valence-electron chi connectivity index (χ2n) is 7.35. The van der Waals surface area contributed by atoms with Crippen molar-refractivity contribution in [1.29, 1.82) is 0 Å². The number of nitrogens with zero attached hydrogens (tertiary/aromatic N) is 2. The molecular weight excluding hydrogens is 414 g/mol. The standard InChI is InChI=1S/C23H27N3O4S/c1-4-6-7-12-26-14-24-21-18(22(26)28)15(3)19(31-21)20(27)25-17-10-8-16(9-11-17)23(29)30-13-5-2/h8-11,14H,4-7,12-13H2,1-3H3,(H,25,27). The number of esters is 1. The third kappa shape index (κ3) is 5.19.